The summed E-state index contributed by atoms with van der Waals surface area (Å²) in [6.45, 7) is 0. The van der Waals surface area contributed by atoms with E-state index in [9.17, 15) is 9.50 Å². The van der Waals surface area contributed by atoms with Gasteiger partial charge in [0, 0.05) is 18.0 Å². The van der Waals surface area contributed by atoms with Crippen LogP contribution in [0.25, 0.3) is 0 Å². The zero-order valence-corrected chi connectivity index (χ0v) is 8.84. The summed E-state index contributed by atoms with van der Waals surface area (Å²) in [7, 11) is 0. The maximum atomic E-state index is 13.4. The molecule has 2 aromatic rings. The summed E-state index contributed by atoms with van der Waals surface area (Å²) in [5.41, 5.74) is 0.943. The van der Waals surface area contributed by atoms with Crippen LogP contribution in [0.2, 0.25) is 0 Å². The van der Waals surface area contributed by atoms with Gasteiger partial charge in [0.05, 0.1) is 5.56 Å². The van der Waals surface area contributed by atoms with E-state index in [0.717, 1.165) is 6.07 Å². The van der Waals surface area contributed by atoms with Gasteiger partial charge in [-0.05, 0) is 23.8 Å². The van der Waals surface area contributed by atoms with Gasteiger partial charge >= 0.3 is 0 Å². The molecule has 1 aromatic heterocycles. The van der Waals surface area contributed by atoms with Crippen molar-refractivity contribution in [2.45, 2.75) is 6.10 Å². The molecule has 84 valence electrons. The van der Waals surface area contributed by atoms with Gasteiger partial charge in [-0.3, -0.25) is 4.98 Å². The van der Waals surface area contributed by atoms with Crippen LogP contribution in [-0.4, -0.2) is 10.1 Å². The van der Waals surface area contributed by atoms with Gasteiger partial charge in [-0.1, -0.05) is 12.1 Å². The minimum absolute atomic E-state index is 0.0351. The third kappa shape index (κ3) is 2.30. The largest absolute Gasteiger partial charge is 0.384 e. The Morgan fingerprint density at radius 3 is 2.71 bits per heavy atom. The lowest BCUT2D eigenvalue weighted by Crippen LogP contribution is -2.01. The summed E-state index contributed by atoms with van der Waals surface area (Å²) in [5, 5.41) is 18.6. The maximum Gasteiger partial charge on any atom is 0.141 e. The highest BCUT2D eigenvalue weighted by atomic mass is 19.1. The maximum absolute atomic E-state index is 13.4. The molecule has 0 aliphatic rings. The van der Waals surface area contributed by atoms with E-state index in [1.165, 1.54) is 18.3 Å². The summed E-state index contributed by atoms with van der Waals surface area (Å²) in [6, 6.07) is 9.17. The molecule has 1 heterocycles. The zero-order valence-electron chi connectivity index (χ0n) is 8.84. The number of aliphatic hydroxyl groups excluding tert-OH is 1. The fourth-order valence-electron chi connectivity index (χ4n) is 1.52. The second kappa shape index (κ2) is 4.73. The minimum atomic E-state index is -0.939. The summed E-state index contributed by atoms with van der Waals surface area (Å²) >= 11 is 0. The van der Waals surface area contributed by atoms with Gasteiger partial charge in [0.2, 0.25) is 0 Å². The van der Waals surface area contributed by atoms with Crippen LogP contribution in [0.5, 0.6) is 0 Å². The molecule has 0 bridgehead atoms. The second-order valence-corrected chi connectivity index (χ2v) is 3.54. The van der Waals surface area contributed by atoms with Crippen molar-refractivity contribution in [2.24, 2.45) is 0 Å². The van der Waals surface area contributed by atoms with Crippen LogP contribution in [0, 0.1) is 17.1 Å². The van der Waals surface area contributed by atoms with Crippen molar-refractivity contribution in [3.8, 4) is 6.07 Å². The van der Waals surface area contributed by atoms with Gasteiger partial charge in [-0.15, -0.1) is 0 Å². The SMILES string of the molecule is N#Cc1ccc(C(O)c2cccnc2)cc1F. The topological polar surface area (TPSA) is 56.9 Å². The summed E-state index contributed by atoms with van der Waals surface area (Å²) in [6.07, 6.45) is 2.17. The molecular weight excluding hydrogens is 219 g/mol. The number of hydrogen-bond donors (Lipinski definition) is 1. The smallest absolute Gasteiger partial charge is 0.141 e. The van der Waals surface area contributed by atoms with E-state index in [2.05, 4.69) is 4.98 Å². The first-order valence-electron chi connectivity index (χ1n) is 5.00. The Bertz CT molecular complexity index is 563. The average molecular weight is 228 g/mol. The number of benzene rings is 1. The van der Waals surface area contributed by atoms with E-state index in [1.54, 1.807) is 24.4 Å². The van der Waals surface area contributed by atoms with Gasteiger partial charge in [-0.2, -0.15) is 5.26 Å². The van der Waals surface area contributed by atoms with Crippen molar-refractivity contribution in [2.75, 3.05) is 0 Å². The van der Waals surface area contributed by atoms with Crippen LogP contribution in [-0.2, 0) is 0 Å². The molecule has 0 radical (unpaired) electrons. The van der Waals surface area contributed by atoms with E-state index in [1.807, 2.05) is 0 Å². The first kappa shape index (κ1) is 11.2. The van der Waals surface area contributed by atoms with Crippen molar-refractivity contribution in [1.82, 2.24) is 4.98 Å². The van der Waals surface area contributed by atoms with Crippen LogP contribution >= 0.6 is 0 Å². The number of nitriles is 1. The molecule has 0 saturated carbocycles. The first-order valence-corrected chi connectivity index (χ1v) is 5.00. The standard InChI is InChI=1S/C13H9FN2O/c14-12-6-9(3-4-10(12)7-15)13(17)11-2-1-5-16-8-11/h1-6,8,13,17H. The van der Waals surface area contributed by atoms with Crippen LogP contribution in [0.4, 0.5) is 4.39 Å². The predicted octanol–water partition coefficient (Wildman–Crippen LogP) is 2.17. The van der Waals surface area contributed by atoms with Crippen molar-refractivity contribution < 1.29 is 9.50 Å². The Kier molecular flexibility index (Phi) is 3.12. The van der Waals surface area contributed by atoms with E-state index in [-0.39, 0.29) is 5.56 Å². The third-order valence-corrected chi connectivity index (χ3v) is 2.43. The third-order valence-electron chi connectivity index (χ3n) is 2.43. The van der Waals surface area contributed by atoms with Crippen molar-refractivity contribution >= 4 is 0 Å². The van der Waals surface area contributed by atoms with Gasteiger partial charge in [0.25, 0.3) is 0 Å². The predicted molar refractivity (Wildman–Crippen MR) is 59.4 cm³/mol. The highest BCUT2D eigenvalue weighted by Crippen LogP contribution is 2.22. The number of nitrogens with zero attached hydrogens (tertiary/aromatic N) is 2. The van der Waals surface area contributed by atoms with E-state index in [4.69, 9.17) is 5.26 Å². The van der Waals surface area contributed by atoms with E-state index in [0.29, 0.717) is 11.1 Å². The fourth-order valence-corrected chi connectivity index (χ4v) is 1.52. The van der Waals surface area contributed by atoms with Crippen molar-refractivity contribution in [3.63, 3.8) is 0 Å². The molecule has 0 spiro atoms. The summed E-state index contributed by atoms with van der Waals surface area (Å²) < 4.78 is 13.4. The Morgan fingerprint density at radius 2 is 2.12 bits per heavy atom. The summed E-state index contributed by atoms with van der Waals surface area (Å²) in [4.78, 5) is 3.88. The van der Waals surface area contributed by atoms with Crippen LogP contribution < -0.4 is 0 Å². The van der Waals surface area contributed by atoms with Gasteiger partial charge in [-0.25, -0.2) is 4.39 Å². The number of pyridine rings is 1. The molecule has 3 nitrogen and oxygen atoms in total. The second-order valence-electron chi connectivity index (χ2n) is 3.54. The van der Waals surface area contributed by atoms with Gasteiger partial charge < -0.3 is 5.11 Å². The highest BCUT2D eigenvalue weighted by Gasteiger charge is 2.12. The Hall–Kier alpha value is -2.25. The Morgan fingerprint density at radius 1 is 1.29 bits per heavy atom. The molecule has 1 unspecified atom stereocenters. The lowest BCUT2D eigenvalue weighted by Gasteiger charge is -2.11. The summed E-state index contributed by atoms with van der Waals surface area (Å²) in [5.74, 6) is -0.632. The first-order chi connectivity index (χ1) is 8.22. The van der Waals surface area contributed by atoms with Crippen molar-refractivity contribution in [3.05, 3.63) is 65.2 Å². The van der Waals surface area contributed by atoms with Crippen molar-refractivity contribution in [1.29, 1.82) is 5.26 Å². The van der Waals surface area contributed by atoms with Crippen LogP contribution in [0.1, 0.15) is 22.8 Å². The van der Waals surface area contributed by atoms with E-state index >= 15 is 0 Å². The molecule has 0 fully saturated rings. The van der Waals surface area contributed by atoms with Crippen LogP contribution in [0.3, 0.4) is 0 Å². The lowest BCUT2D eigenvalue weighted by molar-refractivity contribution is 0.219. The molecule has 0 aliphatic heterocycles. The molecule has 0 amide bonds. The lowest BCUT2D eigenvalue weighted by atomic mass is 10.0. The molecular formula is C13H9FN2O. The minimum Gasteiger partial charge on any atom is -0.384 e. The molecule has 0 aliphatic carbocycles. The van der Waals surface area contributed by atoms with Crippen LogP contribution in [0.15, 0.2) is 42.7 Å². The normalized spacial score (nSPS) is 11.8. The molecule has 1 atom stereocenters. The molecule has 1 N–H and O–H groups in total. The average Bonchev–Trinajstić information content (AvgIpc) is 2.39. The Labute approximate surface area is 97.8 Å². The molecule has 0 saturated heterocycles. The number of halogens is 1. The van der Waals surface area contributed by atoms with Gasteiger partial charge in [0.15, 0.2) is 0 Å². The Balaban J connectivity index is 2.36. The van der Waals surface area contributed by atoms with E-state index < -0.39 is 11.9 Å². The molecule has 1 aromatic carbocycles. The number of aliphatic hydroxyl groups is 1. The van der Waals surface area contributed by atoms with Gasteiger partial charge in [0.1, 0.15) is 18.0 Å². The molecule has 2 rings (SSSR count). The molecule has 17 heavy (non-hydrogen) atoms. The molecule has 4 heteroatoms. The number of rotatable bonds is 2. The fraction of sp³-hybridized carbons (Fsp3) is 0.0769. The quantitative estimate of drug-likeness (QED) is 0.857. The number of hydrogen-bond acceptors (Lipinski definition) is 3. The zero-order chi connectivity index (χ0) is 12.3. The monoisotopic (exact) mass is 228 g/mol. The highest BCUT2D eigenvalue weighted by molar-refractivity contribution is 5.36. The number of aromatic nitrogens is 1.